The smallest absolute Gasteiger partial charge is 0.328 e. The van der Waals surface area contributed by atoms with E-state index in [4.69, 9.17) is 14.2 Å². The van der Waals surface area contributed by atoms with Gasteiger partial charge in [-0.15, -0.1) is 0 Å². The Balaban J connectivity index is 2.19. The van der Waals surface area contributed by atoms with Crippen LogP contribution in [0.1, 0.15) is 44.0 Å². The van der Waals surface area contributed by atoms with Crippen molar-refractivity contribution in [3.05, 3.63) is 23.8 Å². The van der Waals surface area contributed by atoms with Crippen molar-refractivity contribution in [2.45, 2.75) is 45.8 Å². The summed E-state index contributed by atoms with van der Waals surface area (Å²) >= 11 is 0. The first kappa shape index (κ1) is 22.5. The lowest BCUT2D eigenvalue weighted by atomic mass is 10.0. The molecular formula is C21H30N2O6. The predicted octanol–water partition coefficient (Wildman–Crippen LogP) is 2.01. The fourth-order valence-corrected chi connectivity index (χ4v) is 3.23. The minimum Gasteiger partial charge on any atom is -0.497 e. The summed E-state index contributed by atoms with van der Waals surface area (Å²) in [5.41, 5.74) is 0.285. The molecule has 1 aromatic carbocycles. The molecular weight excluding hydrogens is 376 g/mol. The second-order valence-electron chi connectivity index (χ2n) is 7.40. The third-order valence-corrected chi connectivity index (χ3v) is 5.02. The van der Waals surface area contributed by atoms with Gasteiger partial charge in [-0.3, -0.25) is 9.59 Å². The Labute approximate surface area is 171 Å². The van der Waals surface area contributed by atoms with Crippen LogP contribution >= 0.6 is 0 Å². The van der Waals surface area contributed by atoms with Crippen LogP contribution in [0.3, 0.4) is 0 Å². The maximum atomic E-state index is 12.9. The summed E-state index contributed by atoms with van der Waals surface area (Å²) in [4.78, 5) is 38.2. The summed E-state index contributed by atoms with van der Waals surface area (Å²) in [5.74, 6) is -0.114. The first-order valence-electron chi connectivity index (χ1n) is 9.75. The Morgan fingerprint density at radius 2 is 1.79 bits per heavy atom. The second-order valence-corrected chi connectivity index (χ2v) is 7.40. The predicted molar refractivity (Wildman–Crippen MR) is 107 cm³/mol. The lowest BCUT2D eigenvalue weighted by molar-refractivity contribution is -0.144. The summed E-state index contributed by atoms with van der Waals surface area (Å²) in [6.07, 6.45) is 1.26. The molecule has 1 atom stereocenters. The fourth-order valence-electron chi connectivity index (χ4n) is 3.23. The highest BCUT2D eigenvalue weighted by Crippen LogP contribution is 2.27. The van der Waals surface area contributed by atoms with Crippen LogP contribution in [0.5, 0.6) is 11.5 Å². The number of nitrogens with zero attached hydrogens (tertiary/aromatic N) is 1. The minimum absolute atomic E-state index is 0.0514. The summed E-state index contributed by atoms with van der Waals surface area (Å²) in [5, 5.41) is 2.73. The number of rotatable bonds is 7. The normalized spacial score (nSPS) is 15.6. The van der Waals surface area contributed by atoms with E-state index in [9.17, 15) is 14.4 Å². The summed E-state index contributed by atoms with van der Waals surface area (Å²) in [7, 11) is 2.80. The highest BCUT2D eigenvalue weighted by Gasteiger charge is 2.28. The number of ether oxygens (including phenoxy) is 3. The van der Waals surface area contributed by atoms with Crippen molar-refractivity contribution in [2.24, 2.45) is 5.92 Å². The number of amides is 2. The highest BCUT2D eigenvalue weighted by atomic mass is 16.5. The molecule has 1 aliphatic rings. The van der Waals surface area contributed by atoms with Crippen LogP contribution in [-0.2, 0) is 14.3 Å². The Morgan fingerprint density at radius 1 is 1.14 bits per heavy atom. The number of hydrogen-bond acceptors (Lipinski definition) is 6. The second kappa shape index (κ2) is 10.1. The number of carbonyl (C=O) groups excluding carboxylic acids is 3. The number of hydrogen-bond donors (Lipinski definition) is 1. The quantitative estimate of drug-likeness (QED) is 0.696. The average molecular weight is 406 g/mol. The SMILES string of the molecule is COC(=O)[C@@H](NC(=O)c1cc(OC)ccc1OC1CCN(C(C)=O)CC1)C(C)C. The molecule has 1 saturated heterocycles. The van der Waals surface area contributed by atoms with Crippen molar-refractivity contribution in [3.8, 4) is 11.5 Å². The molecule has 0 bridgehead atoms. The van der Waals surface area contributed by atoms with Crippen LogP contribution in [0.25, 0.3) is 0 Å². The molecule has 1 heterocycles. The van der Waals surface area contributed by atoms with E-state index in [0.29, 0.717) is 37.4 Å². The molecule has 8 heteroatoms. The maximum Gasteiger partial charge on any atom is 0.328 e. The van der Waals surface area contributed by atoms with Gasteiger partial charge in [0.2, 0.25) is 5.91 Å². The largest absolute Gasteiger partial charge is 0.497 e. The van der Waals surface area contributed by atoms with Gasteiger partial charge in [-0.05, 0) is 24.1 Å². The molecule has 1 aromatic rings. The zero-order chi connectivity index (χ0) is 21.6. The number of likely N-dealkylation sites (tertiary alicyclic amines) is 1. The van der Waals surface area contributed by atoms with Crippen LogP contribution < -0.4 is 14.8 Å². The van der Waals surface area contributed by atoms with Gasteiger partial charge < -0.3 is 24.4 Å². The van der Waals surface area contributed by atoms with Crippen molar-refractivity contribution >= 4 is 17.8 Å². The van der Waals surface area contributed by atoms with Crippen molar-refractivity contribution < 1.29 is 28.6 Å². The Kier molecular flexibility index (Phi) is 7.87. The molecule has 0 radical (unpaired) electrons. The molecule has 0 aliphatic carbocycles. The van der Waals surface area contributed by atoms with E-state index in [0.717, 1.165) is 0 Å². The number of esters is 1. The van der Waals surface area contributed by atoms with Crippen molar-refractivity contribution in [1.82, 2.24) is 10.2 Å². The van der Waals surface area contributed by atoms with Gasteiger partial charge in [-0.25, -0.2) is 4.79 Å². The first-order valence-corrected chi connectivity index (χ1v) is 9.75. The van der Waals surface area contributed by atoms with Crippen molar-refractivity contribution in [1.29, 1.82) is 0 Å². The Morgan fingerprint density at radius 3 is 2.31 bits per heavy atom. The molecule has 2 amide bonds. The molecule has 0 unspecified atom stereocenters. The van der Waals surface area contributed by atoms with Crippen LogP contribution in [0.15, 0.2) is 18.2 Å². The van der Waals surface area contributed by atoms with Gasteiger partial charge in [0.05, 0.1) is 19.8 Å². The van der Waals surface area contributed by atoms with Crippen LogP contribution in [0, 0.1) is 5.92 Å². The highest BCUT2D eigenvalue weighted by molar-refractivity contribution is 5.99. The summed E-state index contributed by atoms with van der Waals surface area (Å²) < 4.78 is 16.1. The van der Waals surface area contributed by atoms with E-state index in [1.165, 1.54) is 14.2 Å². The Bertz CT molecular complexity index is 741. The monoisotopic (exact) mass is 406 g/mol. The van der Waals surface area contributed by atoms with Gasteiger partial charge in [0.15, 0.2) is 0 Å². The van der Waals surface area contributed by atoms with Crippen LogP contribution in [-0.4, -0.2) is 62.1 Å². The third kappa shape index (κ3) is 5.85. The number of benzene rings is 1. The van der Waals surface area contributed by atoms with E-state index < -0.39 is 17.9 Å². The van der Waals surface area contributed by atoms with E-state index in [1.54, 1.807) is 30.0 Å². The van der Waals surface area contributed by atoms with E-state index >= 15 is 0 Å². The van der Waals surface area contributed by atoms with Gasteiger partial charge in [-0.1, -0.05) is 13.8 Å². The molecule has 1 fully saturated rings. The van der Waals surface area contributed by atoms with Crippen molar-refractivity contribution in [2.75, 3.05) is 27.3 Å². The van der Waals surface area contributed by atoms with E-state index in [1.807, 2.05) is 13.8 Å². The lowest BCUT2D eigenvalue weighted by Gasteiger charge is -2.32. The van der Waals surface area contributed by atoms with Crippen molar-refractivity contribution in [3.63, 3.8) is 0 Å². The molecule has 0 saturated carbocycles. The van der Waals surface area contributed by atoms with Gasteiger partial charge in [-0.2, -0.15) is 0 Å². The van der Waals surface area contributed by atoms with E-state index in [2.05, 4.69) is 5.32 Å². The lowest BCUT2D eigenvalue weighted by Crippen LogP contribution is -2.45. The molecule has 1 aliphatic heterocycles. The maximum absolute atomic E-state index is 12.9. The average Bonchev–Trinajstić information content (AvgIpc) is 2.71. The molecule has 2 rings (SSSR count). The molecule has 160 valence electrons. The molecule has 8 nitrogen and oxygen atoms in total. The Hall–Kier alpha value is -2.77. The number of carbonyl (C=O) groups is 3. The summed E-state index contributed by atoms with van der Waals surface area (Å²) in [6, 6.07) is 4.22. The van der Waals surface area contributed by atoms with Crippen LogP contribution in [0.4, 0.5) is 0 Å². The third-order valence-electron chi connectivity index (χ3n) is 5.02. The number of nitrogens with one attached hydrogen (secondary N) is 1. The standard InChI is InChI=1S/C21H30N2O6/c1-13(2)19(21(26)28-5)22-20(25)17-12-16(27-4)6-7-18(17)29-15-8-10-23(11-9-15)14(3)24/h6-7,12-13,15,19H,8-11H2,1-5H3,(H,22,25)/t19-/m0/s1. The number of methoxy groups -OCH3 is 2. The number of piperidine rings is 1. The minimum atomic E-state index is -0.773. The molecule has 29 heavy (non-hydrogen) atoms. The molecule has 0 aromatic heterocycles. The topological polar surface area (TPSA) is 94.2 Å². The molecule has 1 N–H and O–H groups in total. The van der Waals surface area contributed by atoms with Gasteiger partial charge in [0.1, 0.15) is 23.6 Å². The van der Waals surface area contributed by atoms with Gasteiger partial charge in [0.25, 0.3) is 5.91 Å². The van der Waals surface area contributed by atoms with Gasteiger partial charge in [0, 0.05) is 32.9 Å². The zero-order valence-electron chi connectivity index (χ0n) is 17.7. The fraction of sp³-hybridized carbons (Fsp3) is 0.571. The summed E-state index contributed by atoms with van der Waals surface area (Å²) in [6.45, 7) is 6.45. The van der Waals surface area contributed by atoms with E-state index in [-0.39, 0.29) is 23.5 Å². The zero-order valence-corrected chi connectivity index (χ0v) is 17.7. The first-order chi connectivity index (χ1) is 13.8. The van der Waals surface area contributed by atoms with Crippen LogP contribution in [0.2, 0.25) is 0 Å². The van der Waals surface area contributed by atoms with Gasteiger partial charge >= 0.3 is 5.97 Å². The molecule has 0 spiro atoms.